The third kappa shape index (κ3) is 2.00. The molecule has 1 spiro atoms. The molecule has 0 amide bonds. The molecule has 0 radical (unpaired) electrons. The molecule has 4 atom stereocenters. The van der Waals surface area contributed by atoms with Gasteiger partial charge < -0.3 is 14.8 Å². The summed E-state index contributed by atoms with van der Waals surface area (Å²) in [6, 6.07) is 1.39. The molecule has 0 saturated heterocycles. The van der Waals surface area contributed by atoms with Crippen LogP contribution in [0.5, 0.6) is 0 Å². The van der Waals surface area contributed by atoms with E-state index in [1.165, 1.54) is 44.9 Å². The monoisotopic (exact) mass is 253 g/mol. The normalized spacial score (nSPS) is 41.7. The molecule has 18 heavy (non-hydrogen) atoms. The quantitative estimate of drug-likeness (QED) is 0.816. The maximum absolute atomic E-state index is 5.91. The number of rotatable bonds is 5. The van der Waals surface area contributed by atoms with E-state index in [0.29, 0.717) is 29.7 Å². The smallest absolute Gasteiger partial charge is 0.0661 e. The Balaban J connectivity index is 1.52. The molecule has 104 valence electrons. The predicted octanol–water partition coefficient (Wildman–Crippen LogP) is 2.49. The van der Waals surface area contributed by atoms with E-state index in [1.807, 2.05) is 7.11 Å². The minimum absolute atomic E-state index is 0.489. The molecule has 3 aliphatic rings. The van der Waals surface area contributed by atoms with Gasteiger partial charge in [-0.3, -0.25) is 0 Å². The van der Waals surface area contributed by atoms with Crippen molar-refractivity contribution in [2.45, 2.75) is 76.2 Å². The Labute approximate surface area is 111 Å². The first-order valence-corrected chi connectivity index (χ1v) is 7.69. The molecule has 0 bridgehead atoms. The van der Waals surface area contributed by atoms with Gasteiger partial charge in [0.25, 0.3) is 0 Å². The molecular formula is C15H27NO2. The largest absolute Gasteiger partial charge is 0.381 e. The van der Waals surface area contributed by atoms with Gasteiger partial charge in [0.05, 0.1) is 12.2 Å². The van der Waals surface area contributed by atoms with Crippen molar-refractivity contribution in [1.82, 2.24) is 5.32 Å². The molecule has 3 aliphatic carbocycles. The third-order valence-electron chi connectivity index (χ3n) is 5.59. The second-order valence-electron chi connectivity index (χ2n) is 6.35. The Hall–Kier alpha value is -0.120. The SMILES string of the molecule is CCOC1CC(NC2CCC(OC)C2)C12CCC2. The third-order valence-corrected chi connectivity index (χ3v) is 5.59. The molecule has 3 fully saturated rings. The van der Waals surface area contributed by atoms with Gasteiger partial charge in [-0.1, -0.05) is 6.42 Å². The fourth-order valence-corrected chi connectivity index (χ4v) is 4.26. The van der Waals surface area contributed by atoms with Crippen LogP contribution in [-0.2, 0) is 9.47 Å². The zero-order valence-corrected chi connectivity index (χ0v) is 11.8. The van der Waals surface area contributed by atoms with Crippen molar-refractivity contribution >= 4 is 0 Å². The van der Waals surface area contributed by atoms with Crippen molar-refractivity contribution in [3.8, 4) is 0 Å². The fourth-order valence-electron chi connectivity index (χ4n) is 4.26. The molecule has 0 aromatic rings. The lowest BCUT2D eigenvalue weighted by molar-refractivity contribution is -0.174. The van der Waals surface area contributed by atoms with Gasteiger partial charge in [-0.05, 0) is 45.4 Å². The van der Waals surface area contributed by atoms with Gasteiger partial charge >= 0.3 is 0 Å². The minimum Gasteiger partial charge on any atom is -0.381 e. The van der Waals surface area contributed by atoms with E-state index in [4.69, 9.17) is 9.47 Å². The van der Waals surface area contributed by atoms with Crippen LogP contribution in [-0.4, -0.2) is 38.0 Å². The summed E-state index contributed by atoms with van der Waals surface area (Å²) in [5.41, 5.74) is 0.501. The Kier molecular flexibility index (Phi) is 3.65. The number of nitrogens with one attached hydrogen (secondary N) is 1. The average Bonchev–Trinajstić information content (AvgIpc) is 2.73. The van der Waals surface area contributed by atoms with Crippen LogP contribution in [0.4, 0.5) is 0 Å². The van der Waals surface area contributed by atoms with E-state index in [-0.39, 0.29) is 0 Å². The Morgan fingerprint density at radius 1 is 1.22 bits per heavy atom. The maximum atomic E-state index is 5.91. The molecule has 3 rings (SSSR count). The van der Waals surface area contributed by atoms with Gasteiger partial charge in [-0.25, -0.2) is 0 Å². The van der Waals surface area contributed by atoms with Crippen molar-refractivity contribution in [3.63, 3.8) is 0 Å². The molecule has 0 aromatic carbocycles. The molecule has 1 N–H and O–H groups in total. The summed E-state index contributed by atoms with van der Waals surface area (Å²) in [5, 5.41) is 3.90. The number of methoxy groups -OCH3 is 1. The first-order chi connectivity index (χ1) is 8.78. The highest BCUT2D eigenvalue weighted by atomic mass is 16.5. The number of hydrogen-bond donors (Lipinski definition) is 1. The van der Waals surface area contributed by atoms with E-state index in [2.05, 4.69) is 12.2 Å². The standard InChI is InChI=1S/C15H27NO2/c1-3-18-14-10-13(15(14)7-4-8-15)16-11-5-6-12(9-11)17-2/h11-14,16H,3-10H2,1-2H3. The van der Waals surface area contributed by atoms with Crippen molar-refractivity contribution in [3.05, 3.63) is 0 Å². The van der Waals surface area contributed by atoms with E-state index in [0.717, 1.165) is 6.61 Å². The zero-order chi connectivity index (χ0) is 12.6. The van der Waals surface area contributed by atoms with Crippen molar-refractivity contribution in [2.75, 3.05) is 13.7 Å². The van der Waals surface area contributed by atoms with Gasteiger partial charge in [0.1, 0.15) is 0 Å². The Bertz CT molecular complexity index is 290. The van der Waals surface area contributed by atoms with Crippen molar-refractivity contribution in [2.24, 2.45) is 5.41 Å². The van der Waals surface area contributed by atoms with Crippen LogP contribution >= 0.6 is 0 Å². The topological polar surface area (TPSA) is 30.5 Å². The van der Waals surface area contributed by atoms with Crippen LogP contribution in [0.15, 0.2) is 0 Å². The Morgan fingerprint density at radius 3 is 2.61 bits per heavy atom. The second kappa shape index (κ2) is 5.10. The summed E-state index contributed by atoms with van der Waals surface area (Å²) < 4.78 is 11.4. The van der Waals surface area contributed by atoms with E-state index >= 15 is 0 Å². The lowest BCUT2D eigenvalue weighted by atomic mass is 9.51. The van der Waals surface area contributed by atoms with Crippen LogP contribution in [0.3, 0.4) is 0 Å². The highest BCUT2D eigenvalue weighted by molar-refractivity contribution is 5.12. The van der Waals surface area contributed by atoms with Gasteiger partial charge in [-0.15, -0.1) is 0 Å². The number of hydrogen-bond acceptors (Lipinski definition) is 3. The summed E-state index contributed by atoms with van der Waals surface area (Å²) in [6.07, 6.45) is 10.1. The fraction of sp³-hybridized carbons (Fsp3) is 1.00. The maximum Gasteiger partial charge on any atom is 0.0661 e. The summed E-state index contributed by atoms with van der Waals surface area (Å²) in [5.74, 6) is 0. The molecular weight excluding hydrogens is 226 g/mol. The van der Waals surface area contributed by atoms with E-state index < -0.39 is 0 Å². The van der Waals surface area contributed by atoms with Crippen LogP contribution < -0.4 is 5.32 Å². The van der Waals surface area contributed by atoms with Crippen LogP contribution in [0.2, 0.25) is 0 Å². The highest BCUT2D eigenvalue weighted by Gasteiger charge is 2.59. The van der Waals surface area contributed by atoms with Gasteiger partial charge in [0.2, 0.25) is 0 Å². The van der Waals surface area contributed by atoms with Crippen molar-refractivity contribution < 1.29 is 9.47 Å². The lowest BCUT2D eigenvalue weighted by Gasteiger charge is -2.61. The lowest BCUT2D eigenvalue weighted by Crippen LogP contribution is -2.68. The van der Waals surface area contributed by atoms with Gasteiger partial charge in [-0.2, -0.15) is 0 Å². The van der Waals surface area contributed by atoms with Crippen LogP contribution in [0.1, 0.15) is 51.9 Å². The van der Waals surface area contributed by atoms with Gasteiger partial charge in [0, 0.05) is 31.2 Å². The highest BCUT2D eigenvalue weighted by Crippen LogP contribution is 2.57. The Morgan fingerprint density at radius 2 is 2.06 bits per heavy atom. The summed E-state index contributed by atoms with van der Waals surface area (Å²) >= 11 is 0. The molecule has 3 heteroatoms. The molecule has 0 aromatic heterocycles. The van der Waals surface area contributed by atoms with Crippen molar-refractivity contribution in [1.29, 1.82) is 0 Å². The molecule has 0 aliphatic heterocycles. The summed E-state index contributed by atoms with van der Waals surface area (Å²) in [7, 11) is 1.84. The second-order valence-corrected chi connectivity index (χ2v) is 6.35. The van der Waals surface area contributed by atoms with Crippen LogP contribution in [0, 0.1) is 5.41 Å². The van der Waals surface area contributed by atoms with E-state index in [9.17, 15) is 0 Å². The number of ether oxygens (including phenoxy) is 2. The molecule has 4 unspecified atom stereocenters. The summed E-state index contributed by atoms with van der Waals surface area (Å²) in [4.78, 5) is 0. The zero-order valence-electron chi connectivity index (χ0n) is 11.8. The first kappa shape index (κ1) is 12.9. The van der Waals surface area contributed by atoms with E-state index in [1.54, 1.807) is 0 Å². The molecule has 3 saturated carbocycles. The predicted molar refractivity (Wildman–Crippen MR) is 71.7 cm³/mol. The average molecular weight is 253 g/mol. The molecule has 3 nitrogen and oxygen atoms in total. The van der Waals surface area contributed by atoms with Crippen LogP contribution in [0.25, 0.3) is 0 Å². The summed E-state index contributed by atoms with van der Waals surface area (Å²) in [6.45, 7) is 2.99. The minimum atomic E-state index is 0.489. The molecule has 0 heterocycles. The first-order valence-electron chi connectivity index (χ1n) is 7.69. The van der Waals surface area contributed by atoms with Gasteiger partial charge in [0.15, 0.2) is 0 Å².